The van der Waals surface area contributed by atoms with Gasteiger partial charge in [-0.1, -0.05) is 19.1 Å². The van der Waals surface area contributed by atoms with E-state index >= 15 is 0 Å². The number of rotatable bonds is 8. The summed E-state index contributed by atoms with van der Waals surface area (Å²) in [6.45, 7) is 6.33. The van der Waals surface area contributed by atoms with Crippen LogP contribution >= 0.6 is 0 Å². The first-order chi connectivity index (χ1) is 13.0. The monoisotopic (exact) mass is 367 g/mol. The van der Waals surface area contributed by atoms with Gasteiger partial charge in [-0.25, -0.2) is 4.79 Å². The third kappa shape index (κ3) is 6.98. The zero-order chi connectivity index (χ0) is 19.6. The van der Waals surface area contributed by atoms with E-state index in [1.54, 1.807) is 44.2 Å². The van der Waals surface area contributed by atoms with Gasteiger partial charge in [-0.15, -0.1) is 0 Å². The Kier molecular flexibility index (Phi) is 7.62. The third-order valence-corrected chi connectivity index (χ3v) is 3.51. The Morgan fingerprint density at radius 2 is 1.70 bits per heavy atom. The zero-order valence-corrected chi connectivity index (χ0v) is 15.9. The normalized spacial score (nSPS) is 10.8. The van der Waals surface area contributed by atoms with Gasteiger partial charge in [0.1, 0.15) is 5.75 Å². The SMILES string of the molecule is CCCOc1ccc(C=CC(=O)Nc2ccc(C(=O)OC(C)C)cc2)cc1. The van der Waals surface area contributed by atoms with Gasteiger partial charge >= 0.3 is 5.97 Å². The van der Waals surface area contributed by atoms with Crippen LogP contribution in [0.3, 0.4) is 0 Å². The first-order valence-corrected chi connectivity index (χ1v) is 9.01. The summed E-state index contributed by atoms with van der Waals surface area (Å²) < 4.78 is 10.7. The fraction of sp³-hybridized carbons (Fsp3) is 0.273. The predicted octanol–water partition coefficient (Wildman–Crippen LogP) is 4.69. The number of anilines is 1. The summed E-state index contributed by atoms with van der Waals surface area (Å²) in [7, 11) is 0. The van der Waals surface area contributed by atoms with Crippen LogP contribution in [0.1, 0.15) is 43.1 Å². The van der Waals surface area contributed by atoms with Crippen LogP contribution in [0.5, 0.6) is 5.75 Å². The molecule has 2 aromatic rings. The number of ether oxygens (including phenoxy) is 2. The number of nitrogens with one attached hydrogen (secondary N) is 1. The molecular weight excluding hydrogens is 342 g/mol. The summed E-state index contributed by atoms with van der Waals surface area (Å²) in [6.07, 6.45) is 3.98. The van der Waals surface area contributed by atoms with E-state index in [-0.39, 0.29) is 18.0 Å². The predicted molar refractivity (Wildman–Crippen MR) is 107 cm³/mol. The van der Waals surface area contributed by atoms with E-state index in [0.717, 1.165) is 17.7 Å². The van der Waals surface area contributed by atoms with Crippen molar-refractivity contribution in [1.29, 1.82) is 0 Å². The second-order valence-corrected chi connectivity index (χ2v) is 6.27. The number of hydrogen-bond donors (Lipinski definition) is 1. The van der Waals surface area contributed by atoms with Gasteiger partial charge in [-0.05, 0) is 68.3 Å². The molecule has 0 fully saturated rings. The molecule has 0 spiro atoms. The van der Waals surface area contributed by atoms with Crippen LogP contribution < -0.4 is 10.1 Å². The van der Waals surface area contributed by atoms with E-state index in [4.69, 9.17) is 9.47 Å². The lowest BCUT2D eigenvalue weighted by Crippen LogP contribution is -2.12. The molecular formula is C22H25NO4. The van der Waals surface area contributed by atoms with Crippen molar-refractivity contribution in [2.45, 2.75) is 33.3 Å². The van der Waals surface area contributed by atoms with E-state index in [0.29, 0.717) is 17.9 Å². The van der Waals surface area contributed by atoms with Crippen molar-refractivity contribution < 1.29 is 19.1 Å². The lowest BCUT2D eigenvalue weighted by Gasteiger charge is -2.08. The molecule has 0 aromatic heterocycles. The average molecular weight is 367 g/mol. The topological polar surface area (TPSA) is 64.6 Å². The van der Waals surface area contributed by atoms with Crippen LogP contribution in [-0.2, 0) is 9.53 Å². The van der Waals surface area contributed by atoms with Crippen molar-refractivity contribution in [3.05, 3.63) is 65.7 Å². The standard InChI is InChI=1S/C22H25NO4/c1-4-15-26-20-12-5-17(6-13-20)7-14-21(24)23-19-10-8-18(9-11-19)22(25)27-16(2)3/h5-14,16H,4,15H2,1-3H3,(H,23,24). The van der Waals surface area contributed by atoms with Gasteiger partial charge in [0.25, 0.3) is 0 Å². The van der Waals surface area contributed by atoms with Crippen molar-refractivity contribution in [3.63, 3.8) is 0 Å². The molecule has 27 heavy (non-hydrogen) atoms. The van der Waals surface area contributed by atoms with Crippen LogP contribution in [0.4, 0.5) is 5.69 Å². The first-order valence-electron chi connectivity index (χ1n) is 9.01. The molecule has 142 valence electrons. The number of benzene rings is 2. The van der Waals surface area contributed by atoms with Crippen LogP contribution in [-0.4, -0.2) is 24.6 Å². The Balaban J connectivity index is 1.89. The Bertz CT molecular complexity index is 777. The van der Waals surface area contributed by atoms with Crippen LogP contribution in [0.25, 0.3) is 6.08 Å². The maximum atomic E-state index is 12.0. The minimum atomic E-state index is -0.380. The summed E-state index contributed by atoms with van der Waals surface area (Å²) in [5.74, 6) is 0.183. The summed E-state index contributed by atoms with van der Waals surface area (Å²) in [4.78, 5) is 23.8. The van der Waals surface area contributed by atoms with E-state index < -0.39 is 0 Å². The fourth-order valence-electron chi connectivity index (χ4n) is 2.22. The Morgan fingerprint density at radius 1 is 1.04 bits per heavy atom. The Morgan fingerprint density at radius 3 is 2.30 bits per heavy atom. The van der Waals surface area contributed by atoms with Crippen molar-refractivity contribution in [2.75, 3.05) is 11.9 Å². The molecule has 1 N–H and O–H groups in total. The van der Waals surface area contributed by atoms with Gasteiger partial charge in [-0.2, -0.15) is 0 Å². The number of amides is 1. The molecule has 0 aliphatic carbocycles. The van der Waals surface area contributed by atoms with E-state index in [2.05, 4.69) is 12.2 Å². The first kappa shape index (κ1) is 20.2. The molecule has 0 unspecified atom stereocenters. The van der Waals surface area contributed by atoms with E-state index in [1.807, 2.05) is 24.3 Å². The average Bonchev–Trinajstić information content (AvgIpc) is 2.65. The maximum Gasteiger partial charge on any atom is 0.338 e. The molecule has 1 amide bonds. The van der Waals surface area contributed by atoms with E-state index in [1.165, 1.54) is 6.08 Å². The summed E-state index contributed by atoms with van der Waals surface area (Å²) in [5.41, 5.74) is 1.96. The van der Waals surface area contributed by atoms with Gasteiger partial charge < -0.3 is 14.8 Å². The molecule has 0 saturated carbocycles. The highest BCUT2D eigenvalue weighted by Gasteiger charge is 2.09. The molecule has 5 heteroatoms. The zero-order valence-electron chi connectivity index (χ0n) is 15.9. The molecule has 0 atom stereocenters. The lowest BCUT2D eigenvalue weighted by molar-refractivity contribution is -0.111. The number of carbonyl (C=O) groups is 2. The van der Waals surface area contributed by atoms with Gasteiger partial charge in [-0.3, -0.25) is 4.79 Å². The molecule has 0 radical (unpaired) electrons. The number of hydrogen-bond acceptors (Lipinski definition) is 4. The van der Waals surface area contributed by atoms with Crippen molar-refractivity contribution in [2.24, 2.45) is 0 Å². The summed E-state index contributed by atoms with van der Waals surface area (Å²) >= 11 is 0. The molecule has 2 rings (SSSR count). The maximum absolute atomic E-state index is 12.0. The highest BCUT2D eigenvalue weighted by molar-refractivity contribution is 6.02. The second-order valence-electron chi connectivity index (χ2n) is 6.27. The fourth-order valence-corrected chi connectivity index (χ4v) is 2.22. The molecule has 0 saturated heterocycles. The smallest absolute Gasteiger partial charge is 0.338 e. The minimum absolute atomic E-state index is 0.172. The van der Waals surface area contributed by atoms with Gasteiger partial charge in [0, 0.05) is 11.8 Å². The van der Waals surface area contributed by atoms with Crippen molar-refractivity contribution >= 4 is 23.6 Å². The lowest BCUT2D eigenvalue weighted by atomic mass is 10.2. The minimum Gasteiger partial charge on any atom is -0.494 e. The molecule has 0 aliphatic rings. The molecule has 0 heterocycles. The third-order valence-electron chi connectivity index (χ3n) is 3.51. The quantitative estimate of drug-likeness (QED) is 0.543. The largest absolute Gasteiger partial charge is 0.494 e. The highest BCUT2D eigenvalue weighted by Crippen LogP contribution is 2.14. The van der Waals surface area contributed by atoms with Gasteiger partial charge in [0.2, 0.25) is 5.91 Å². The van der Waals surface area contributed by atoms with Crippen molar-refractivity contribution in [3.8, 4) is 5.75 Å². The van der Waals surface area contributed by atoms with Crippen LogP contribution in [0, 0.1) is 0 Å². The number of carbonyl (C=O) groups excluding carboxylic acids is 2. The molecule has 0 aliphatic heterocycles. The Labute approximate surface area is 160 Å². The van der Waals surface area contributed by atoms with Gasteiger partial charge in [0.05, 0.1) is 18.3 Å². The van der Waals surface area contributed by atoms with Crippen LogP contribution in [0.15, 0.2) is 54.6 Å². The van der Waals surface area contributed by atoms with Crippen LogP contribution in [0.2, 0.25) is 0 Å². The molecule has 0 bridgehead atoms. The molecule has 2 aromatic carbocycles. The second kappa shape index (κ2) is 10.2. The molecule has 5 nitrogen and oxygen atoms in total. The highest BCUT2D eigenvalue weighted by atomic mass is 16.5. The Hall–Kier alpha value is -3.08. The summed E-state index contributed by atoms with van der Waals surface area (Å²) in [5, 5.41) is 2.76. The van der Waals surface area contributed by atoms with Gasteiger partial charge in [0.15, 0.2) is 0 Å². The summed E-state index contributed by atoms with van der Waals surface area (Å²) in [6, 6.07) is 14.1. The van der Waals surface area contributed by atoms with Crippen molar-refractivity contribution in [1.82, 2.24) is 0 Å². The number of esters is 1. The van der Waals surface area contributed by atoms with E-state index in [9.17, 15) is 9.59 Å².